The summed E-state index contributed by atoms with van der Waals surface area (Å²) in [4.78, 5) is 35.5. The number of aromatic nitrogens is 3. The monoisotopic (exact) mass is 506 g/mol. The Morgan fingerprint density at radius 2 is 1.81 bits per heavy atom. The van der Waals surface area contributed by atoms with Gasteiger partial charge in [0.25, 0.3) is 5.91 Å². The number of rotatable bonds is 5. The van der Waals surface area contributed by atoms with Gasteiger partial charge in [-0.25, -0.2) is 9.50 Å². The minimum Gasteiger partial charge on any atom is -0.356 e. The summed E-state index contributed by atoms with van der Waals surface area (Å²) in [6, 6.07) is 6.96. The van der Waals surface area contributed by atoms with E-state index in [1.165, 1.54) is 12.8 Å². The molecule has 0 radical (unpaired) electrons. The molecule has 3 aromatic rings. The summed E-state index contributed by atoms with van der Waals surface area (Å²) < 4.78 is 1.84. The zero-order valence-corrected chi connectivity index (χ0v) is 21.3. The quantitative estimate of drug-likeness (QED) is 0.526. The Morgan fingerprint density at radius 3 is 2.58 bits per heavy atom. The van der Waals surface area contributed by atoms with Gasteiger partial charge in [-0.2, -0.15) is 5.10 Å². The molecule has 8 nitrogen and oxygen atoms in total. The van der Waals surface area contributed by atoms with E-state index in [1.54, 1.807) is 18.2 Å². The molecule has 0 bridgehead atoms. The van der Waals surface area contributed by atoms with Crippen molar-refractivity contribution >= 4 is 40.6 Å². The lowest BCUT2D eigenvalue weighted by Crippen LogP contribution is -2.39. The van der Waals surface area contributed by atoms with Crippen LogP contribution >= 0.6 is 11.6 Å². The van der Waals surface area contributed by atoms with E-state index in [1.807, 2.05) is 21.7 Å². The van der Waals surface area contributed by atoms with Crippen LogP contribution in [0.1, 0.15) is 72.6 Å². The average Bonchev–Trinajstić information content (AvgIpc) is 3.44. The number of fused-ring (bicyclic) bond motifs is 1. The van der Waals surface area contributed by atoms with Crippen LogP contribution in [0.2, 0.25) is 5.02 Å². The van der Waals surface area contributed by atoms with Crippen molar-refractivity contribution in [3.8, 4) is 0 Å². The lowest BCUT2D eigenvalue weighted by molar-refractivity contribution is -0.117. The van der Waals surface area contributed by atoms with Crippen molar-refractivity contribution in [1.29, 1.82) is 0 Å². The number of nitrogens with one attached hydrogen (secondary N) is 1. The molecule has 3 fully saturated rings. The number of piperidine rings is 1. The normalized spacial score (nSPS) is 20.2. The van der Waals surface area contributed by atoms with Crippen LogP contribution in [-0.2, 0) is 4.79 Å². The average molecular weight is 507 g/mol. The summed E-state index contributed by atoms with van der Waals surface area (Å²) in [5.74, 6) is 0.910. The van der Waals surface area contributed by atoms with Gasteiger partial charge in [-0.05, 0) is 70.1 Å². The topological polar surface area (TPSA) is 82.8 Å². The predicted octanol–water partition coefficient (Wildman–Crippen LogP) is 5.01. The number of halogens is 1. The van der Waals surface area contributed by atoms with Crippen molar-refractivity contribution in [2.24, 2.45) is 5.92 Å². The van der Waals surface area contributed by atoms with Gasteiger partial charge < -0.3 is 15.1 Å². The van der Waals surface area contributed by atoms with Gasteiger partial charge in [0.2, 0.25) is 5.91 Å². The van der Waals surface area contributed by atoms with E-state index in [2.05, 4.69) is 17.1 Å². The van der Waals surface area contributed by atoms with Crippen molar-refractivity contribution < 1.29 is 9.59 Å². The van der Waals surface area contributed by atoms with E-state index in [-0.39, 0.29) is 23.8 Å². The van der Waals surface area contributed by atoms with Gasteiger partial charge in [-0.15, -0.1) is 0 Å². The van der Waals surface area contributed by atoms with Gasteiger partial charge in [0.1, 0.15) is 5.82 Å². The van der Waals surface area contributed by atoms with Crippen molar-refractivity contribution in [3.63, 3.8) is 0 Å². The third kappa shape index (κ3) is 4.43. The number of amides is 2. The fourth-order valence-corrected chi connectivity index (χ4v) is 5.62. The van der Waals surface area contributed by atoms with Crippen LogP contribution < -0.4 is 10.2 Å². The summed E-state index contributed by atoms with van der Waals surface area (Å²) in [7, 11) is 0. The Kier molecular flexibility index (Phi) is 6.07. The van der Waals surface area contributed by atoms with Gasteiger partial charge in [-0.3, -0.25) is 9.59 Å². The second-order valence-electron chi connectivity index (χ2n) is 10.3. The van der Waals surface area contributed by atoms with Gasteiger partial charge in [0, 0.05) is 48.4 Å². The van der Waals surface area contributed by atoms with Gasteiger partial charge in [0.15, 0.2) is 5.65 Å². The van der Waals surface area contributed by atoms with Crippen LogP contribution in [0.3, 0.4) is 0 Å². The molecule has 1 unspecified atom stereocenters. The van der Waals surface area contributed by atoms with Crippen LogP contribution in [0, 0.1) is 12.8 Å². The molecule has 0 spiro atoms. The van der Waals surface area contributed by atoms with Crippen LogP contribution in [-0.4, -0.2) is 50.9 Å². The summed E-state index contributed by atoms with van der Waals surface area (Å²) in [5, 5.41) is 8.28. The molecule has 1 N–H and O–H groups in total. The molecule has 2 amide bonds. The second-order valence-corrected chi connectivity index (χ2v) is 10.7. The summed E-state index contributed by atoms with van der Waals surface area (Å²) in [6.07, 6.45) is 9.01. The molecule has 36 heavy (non-hydrogen) atoms. The molecule has 4 heterocycles. The predicted molar refractivity (Wildman–Crippen MR) is 140 cm³/mol. The first-order valence-electron chi connectivity index (χ1n) is 13.0. The van der Waals surface area contributed by atoms with Crippen molar-refractivity contribution in [1.82, 2.24) is 19.5 Å². The zero-order valence-electron chi connectivity index (χ0n) is 20.5. The molecule has 9 heteroatoms. The summed E-state index contributed by atoms with van der Waals surface area (Å²) in [5.41, 5.74) is 3.70. The van der Waals surface area contributed by atoms with Crippen molar-refractivity contribution in [3.05, 3.63) is 52.3 Å². The molecule has 188 valence electrons. The Hall–Kier alpha value is -3.13. The van der Waals surface area contributed by atoms with Crippen molar-refractivity contribution in [2.75, 3.05) is 29.9 Å². The Bertz CT molecular complexity index is 1330. The molecular weight excluding hydrogens is 476 g/mol. The maximum absolute atomic E-state index is 13.9. The molecule has 1 aliphatic carbocycles. The van der Waals surface area contributed by atoms with Gasteiger partial charge >= 0.3 is 0 Å². The zero-order chi connectivity index (χ0) is 24.8. The third-order valence-electron chi connectivity index (χ3n) is 7.55. The number of benzene rings is 1. The molecule has 2 aliphatic heterocycles. The van der Waals surface area contributed by atoms with Crippen LogP contribution in [0.25, 0.3) is 5.65 Å². The fourth-order valence-electron chi connectivity index (χ4n) is 5.45. The highest BCUT2D eigenvalue weighted by Crippen LogP contribution is 2.35. The number of nitrogens with zero attached hydrogens (tertiary/aromatic N) is 5. The number of hydrogen-bond donors (Lipinski definition) is 1. The van der Waals surface area contributed by atoms with E-state index < -0.39 is 0 Å². The van der Waals surface area contributed by atoms with Gasteiger partial charge in [0.05, 0.1) is 23.0 Å². The number of carbonyl (C=O) groups excluding carboxylic acids is 2. The maximum atomic E-state index is 13.9. The smallest absolute Gasteiger partial charge is 0.256 e. The number of carbonyl (C=O) groups is 2. The number of hydrogen-bond acceptors (Lipinski definition) is 5. The van der Waals surface area contributed by atoms with E-state index in [4.69, 9.17) is 21.7 Å². The Labute approximate surface area is 215 Å². The number of anilines is 2. The Morgan fingerprint density at radius 1 is 1.03 bits per heavy atom. The molecule has 1 aromatic carbocycles. The van der Waals surface area contributed by atoms with E-state index in [0.717, 1.165) is 67.9 Å². The van der Waals surface area contributed by atoms with Crippen LogP contribution in [0.5, 0.6) is 0 Å². The van der Waals surface area contributed by atoms with Crippen molar-refractivity contribution in [2.45, 2.75) is 57.9 Å². The molecule has 1 atom stereocenters. The maximum Gasteiger partial charge on any atom is 0.256 e. The SMILES string of the molecule is Cc1cn2nc(C3CCCCN3C(=O)c3cc(Cl)ccc3NC(=O)C3CC3)cc2nc1N1CCCC1. The molecule has 2 aromatic heterocycles. The summed E-state index contributed by atoms with van der Waals surface area (Å²) >= 11 is 6.29. The lowest BCUT2D eigenvalue weighted by atomic mass is 9.98. The van der Waals surface area contributed by atoms with Gasteiger partial charge in [-0.1, -0.05) is 11.6 Å². The minimum atomic E-state index is -0.158. The fraction of sp³-hybridized carbons (Fsp3) is 0.481. The first-order chi connectivity index (χ1) is 17.5. The first-order valence-corrected chi connectivity index (χ1v) is 13.4. The second kappa shape index (κ2) is 9.39. The van der Waals surface area contributed by atoms with E-state index >= 15 is 0 Å². The summed E-state index contributed by atoms with van der Waals surface area (Å²) in [6.45, 7) is 4.78. The molecule has 2 saturated heterocycles. The third-order valence-corrected chi connectivity index (χ3v) is 7.79. The molecule has 3 aliphatic rings. The molecule has 6 rings (SSSR count). The van der Waals surface area contributed by atoms with Crippen LogP contribution in [0.4, 0.5) is 11.5 Å². The largest absolute Gasteiger partial charge is 0.356 e. The van der Waals surface area contributed by atoms with Crippen LogP contribution in [0.15, 0.2) is 30.5 Å². The van der Waals surface area contributed by atoms with E-state index in [9.17, 15) is 9.59 Å². The highest BCUT2D eigenvalue weighted by Gasteiger charge is 2.34. The van der Waals surface area contributed by atoms with E-state index in [0.29, 0.717) is 22.8 Å². The lowest BCUT2D eigenvalue weighted by Gasteiger charge is -2.35. The first kappa shape index (κ1) is 23.3. The highest BCUT2D eigenvalue weighted by molar-refractivity contribution is 6.31. The standard InChI is InChI=1S/C27H31ClN6O2/c1-17-16-34-24(30-25(17)32-11-4-5-12-32)15-22(31-34)23-6-2-3-13-33(23)27(36)20-14-19(28)9-10-21(20)29-26(35)18-7-8-18/h9-10,14-16,18,23H,2-8,11-13H2,1H3,(H,29,35). The minimum absolute atomic E-state index is 0.0304. The number of likely N-dealkylation sites (tertiary alicyclic amines) is 1. The highest BCUT2D eigenvalue weighted by atomic mass is 35.5. The molecule has 1 saturated carbocycles. The Balaban J connectivity index is 1.31. The molecular formula is C27H31ClN6O2. The number of aryl methyl sites for hydroxylation is 1.